The molecule has 1 fully saturated rings. The number of aliphatic carboxylic acids is 1. The minimum absolute atomic E-state index is 0.0768. The van der Waals surface area contributed by atoms with Crippen LogP contribution in [0.15, 0.2) is 42.5 Å². The van der Waals surface area contributed by atoms with Crippen LogP contribution in [0.4, 0.5) is 18.9 Å². The summed E-state index contributed by atoms with van der Waals surface area (Å²) in [6.45, 7) is 2.96. The molecule has 16 nitrogen and oxygen atoms in total. The van der Waals surface area contributed by atoms with Crippen molar-refractivity contribution in [1.29, 1.82) is 0 Å². The van der Waals surface area contributed by atoms with E-state index in [-0.39, 0.29) is 55.3 Å². The minimum atomic E-state index is -5.08. The highest BCUT2D eigenvalue weighted by Crippen LogP contribution is 2.32. The molecular formula is C36H44F3N7O9S. The maximum absolute atomic E-state index is 14.0. The van der Waals surface area contributed by atoms with Gasteiger partial charge in [-0.2, -0.15) is 24.9 Å². The molecule has 8 N–H and O–H groups in total. The Balaban J connectivity index is 0.00000109. The van der Waals surface area contributed by atoms with Crippen LogP contribution in [0.1, 0.15) is 65.0 Å². The highest BCUT2D eigenvalue weighted by atomic mass is 32.2. The average molecular weight is 808 g/mol. The number of ketones is 2. The Morgan fingerprint density at radius 3 is 2.16 bits per heavy atom. The van der Waals surface area contributed by atoms with E-state index in [0.29, 0.717) is 35.4 Å². The zero-order chi connectivity index (χ0) is 41.9. The molecule has 1 aliphatic heterocycles. The highest BCUT2D eigenvalue weighted by Gasteiger charge is 2.40. The zero-order valence-corrected chi connectivity index (χ0v) is 31.6. The summed E-state index contributed by atoms with van der Waals surface area (Å²) in [6, 6.07) is 7.88. The van der Waals surface area contributed by atoms with Crippen LogP contribution in [-0.2, 0) is 28.8 Å². The van der Waals surface area contributed by atoms with Gasteiger partial charge in [0.1, 0.15) is 12.1 Å². The van der Waals surface area contributed by atoms with Crippen LogP contribution >= 0.6 is 11.8 Å². The van der Waals surface area contributed by atoms with Crippen LogP contribution in [-0.4, -0.2) is 131 Å². The Bertz CT molecular complexity index is 1840. The summed E-state index contributed by atoms with van der Waals surface area (Å²) in [5.41, 5.74) is 13.1. The van der Waals surface area contributed by atoms with Crippen molar-refractivity contribution >= 4 is 64.5 Å². The number of likely N-dealkylation sites (tertiary alicyclic amines) is 1. The van der Waals surface area contributed by atoms with Crippen molar-refractivity contribution in [3.8, 4) is 0 Å². The molecule has 0 spiro atoms. The fourth-order valence-electron chi connectivity index (χ4n) is 5.87. The Hall–Kier alpha value is -5.34. The molecule has 4 atom stereocenters. The topological polar surface area (TPSA) is 251 Å². The summed E-state index contributed by atoms with van der Waals surface area (Å²) >= 11 is 1.40. The third-order valence-corrected chi connectivity index (χ3v) is 9.39. The highest BCUT2D eigenvalue weighted by molar-refractivity contribution is 7.98. The molecule has 1 saturated heterocycles. The van der Waals surface area contributed by atoms with Crippen LogP contribution in [0.25, 0.3) is 0 Å². The number of hydrogen-bond donors (Lipinski definition) is 6. The normalized spacial score (nSPS) is 16.2. The number of rotatable bonds is 14. The number of nitrogens with two attached hydrogens (primary N) is 2. The van der Waals surface area contributed by atoms with Gasteiger partial charge in [-0.05, 0) is 45.4 Å². The Kier molecular flexibility index (Phi) is 16.1. The maximum Gasteiger partial charge on any atom is 0.490 e. The number of carbonyl (C=O) groups excluding carboxylic acids is 7. The molecule has 0 radical (unpaired) electrons. The number of halogens is 3. The molecule has 0 aromatic heterocycles. The second-order valence-corrected chi connectivity index (χ2v) is 13.8. The molecule has 2 aliphatic rings. The predicted molar refractivity (Wildman–Crippen MR) is 199 cm³/mol. The van der Waals surface area contributed by atoms with Gasteiger partial charge in [0.15, 0.2) is 11.6 Å². The summed E-state index contributed by atoms with van der Waals surface area (Å²) in [5, 5.41) is 15.4. The first-order valence-electron chi connectivity index (χ1n) is 17.4. The number of amides is 5. The number of fused-ring (bicyclic) bond motifs is 2. The van der Waals surface area contributed by atoms with Crippen molar-refractivity contribution in [3.63, 3.8) is 0 Å². The van der Waals surface area contributed by atoms with Crippen molar-refractivity contribution in [2.24, 2.45) is 11.5 Å². The van der Waals surface area contributed by atoms with E-state index in [4.69, 9.17) is 21.4 Å². The molecule has 0 bridgehead atoms. The summed E-state index contributed by atoms with van der Waals surface area (Å²) in [6.07, 6.45) is -2.22. The van der Waals surface area contributed by atoms with E-state index < -0.39 is 65.8 Å². The van der Waals surface area contributed by atoms with Gasteiger partial charge in [0, 0.05) is 47.8 Å². The lowest BCUT2D eigenvalue weighted by Crippen LogP contribution is -2.57. The van der Waals surface area contributed by atoms with Gasteiger partial charge in [0.05, 0.1) is 24.2 Å². The number of thioether (sulfide) groups is 1. The largest absolute Gasteiger partial charge is 0.490 e. The van der Waals surface area contributed by atoms with E-state index in [0.717, 1.165) is 4.90 Å². The molecule has 2 aromatic carbocycles. The van der Waals surface area contributed by atoms with Gasteiger partial charge in [0.25, 0.3) is 11.8 Å². The third-order valence-electron chi connectivity index (χ3n) is 8.70. The van der Waals surface area contributed by atoms with Crippen LogP contribution < -0.4 is 27.4 Å². The van der Waals surface area contributed by atoms with E-state index in [1.165, 1.54) is 30.5 Å². The van der Waals surface area contributed by atoms with Crippen molar-refractivity contribution in [1.82, 2.24) is 20.4 Å². The fourth-order valence-corrected chi connectivity index (χ4v) is 6.38. The molecule has 0 unspecified atom stereocenters. The van der Waals surface area contributed by atoms with Crippen molar-refractivity contribution < 1.29 is 56.6 Å². The molecule has 5 amide bonds. The Morgan fingerprint density at radius 1 is 0.964 bits per heavy atom. The molecule has 304 valence electrons. The fraction of sp³-hybridized carbons (Fsp3) is 0.444. The van der Waals surface area contributed by atoms with Gasteiger partial charge in [-0.25, -0.2) is 4.79 Å². The standard InChI is InChI=1S/C34H43N7O7S.C2HF3O2/c1-19(35)31(45)39-20(2)33(47)41(34(48)26-13-7-15-40(26)27(42)17-38-32(46)24(36)18-49-3)16-8-14-37-25-12-6-11-23-28(25)30(44)22-10-5-4-9-21(22)29(23)43;3-2(4,5)1(6)7/h4-6,9-12,19-20,24,26,37H,7-8,13-18,35-36H2,1-3H3,(H,38,46)(H,39,45);(H,6,7)/t19-,20-,24-,26-;/m0./s1. The summed E-state index contributed by atoms with van der Waals surface area (Å²) in [5.74, 6) is -5.74. The molecule has 4 rings (SSSR count). The monoisotopic (exact) mass is 807 g/mol. The number of hydrogen-bond acceptors (Lipinski definition) is 12. The van der Waals surface area contributed by atoms with E-state index >= 15 is 0 Å². The first kappa shape index (κ1) is 45.1. The van der Waals surface area contributed by atoms with E-state index in [1.807, 2.05) is 6.26 Å². The quantitative estimate of drug-likeness (QED) is 0.124. The van der Waals surface area contributed by atoms with Gasteiger partial charge >= 0.3 is 12.1 Å². The number of nitrogens with one attached hydrogen (secondary N) is 3. The summed E-state index contributed by atoms with van der Waals surface area (Å²) < 4.78 is 31.7. The smallest absolute Gasteiger partial charge is 0.475 e. The number of alkyl halides is 3. The van der Waals surface area contributed by atoms with Gasteiger partial charge < -0.3 is 37.4 Å². The Labute approximate surface area is 324 Å². The van der Waals surface area contributed by atoms with Crippen molar-refractivity contribution in [3.05, 3.63) is 64.7 Å². The summed E-state index contributed by atoms with van der Waals surface area (Å²) in [7, 11) is 0. The molecule has 1 heterocycles. The van der Waals surface area contributed by atoms with Gasteiger partial charge in [-0.1, -0.05) is 36.4 Å². The van der Waals surface area contributed by atoms with Crippen LogP contribution in [0, 0.1) is 0 Å². The number of carboxylic acid groups (broad SMARTS) is 1. The first-order chi connectivity index (χ1) is 26.3. The van der Waals surface area contributed by atoms with Gasteiger partial charge in [-0.3, -0.25) is 38.5 Å². The average Bonchev–Trinajstić information content (AvgIpc) is 3.65. The lowest BCUT2D eigenvalue weighted by atomic mass is 9.83. The molecule has 0 saturated carbocycles. The third kappa shape index (κ3) is 11.4. The van der Waals surface area contributed by atoms with E-state index in [9.17, 15) is 46.7 Å². The first-order valence-corrected chi connectivity index (χ1v) is 18.8. The number of carbonyl (C=O) groups is 8. The SMILES string of the molecule is CSC[C@H](N)C(=O)NCC(=O)N1CCC[C@H]1C(=O)N(CCCNc1cccc2c1C(=O)c1ccccc1C2=O)C(=O)[C@H](C)NC(=O)[C@H](C)N.O=C(O)C(F)(F)F. The maximum atomic E-state index is 14.0. The Morgan fingerprint density at radius 2 is 1.57 bits per heavy atom. The molecule has 2 aromatic rings. The number of carboxylic acids is 1. The molecule has 56 heavy (non-hydrogen) atoms. The molecule has 1 aliphatic carbocycles. The lowest BCUT2D eigenvalue weighted by Gasteiger charge is -2.31. The number of benzene rings is 2. The predicted octanol–water partition coefficient (Wildman–Crippen LogP) is 0.902. The van der Waals surface area contributed by atoms with E-state index in [1.54, 1.807) is 42.5 Å². The van der Waals surface area contributed by atoms with Crippen molar-refractivity contribution in [2.45, 2.75) is 63.5 Å². The van der Waals surface area contributed by atoms with E-state index in [2.05, 4.69) is 16.0 Å². The van der Waals surface area contributed by atoms with Gasteiger partial charge in [-0.15, -0.1) is 0 Å². The zero-order valence-electron chi connectivity index (χ0n) is 30.8. The molecule has 20 heteroatoms. The number of anilines is 1. The van der Waals surface area contributed by atoms with Crippen LogP contribution in [0.3, 0.4) is 0 Å². The second kappa shape index (κ2) is 20.0. The van der Waals surface area contributed by atoms with Crippen molar-refractivity contribution in [2.75, 3.05) is 43.5 Å². The van der Waals surface area contributed by atoms with Gasteiger partial charge in [0.2, 0.25) is 17.7 Å². The van der Waals surface area contributed by atoms with Crippen LogP contribution in [0.5, 0.6) is 0 Å². The molecular weight excluding hydrogens is 763 g/mol. The lowest BCUT2D eigenvalue weighted by molar-refractivity contribution is -0.192. The number of nitrogens with zero attached hydrogens (tertiary/aromatic N) is 2. The summed E-state index contributed by atoms with van der Waals surface area (Å²) in [4.78, 5) is 103. The second-order valence-electron chi connectivity index (χ2n) is 12.9. The minimum Gasteiger partial charge on any atom is -0.475 e. The van der Waals surface area contributed by atoms with Crippen LogP contribution in [0.2, 0.25) is 0 Å². The number of imide groups is 1.